The second-order valence-corrected chi connectivity index (χ2v) is 7.03. The van der Waals surface area contributed by atoms with Gasteiger partial charge in [-0.25, -0.2) is 0 Å². The number of piperidine rings is 1. The lowest BCUT2D eigenvalue weighted by Gasteiger charge is -2.40. The Labute approximate surface area is 129 Å². The molecule has 2 rings (SSSR count). The lowest BCUT2D eigenvalue weighted by atomic mass is 9.85. The van der Waals surface area contributed by atoms with Crippen LogP contribution in [0.5, 0.6) is 0 Å². The summed E-state index contributed by atoms with van der Waals surface area (Å²) in [4.78, 5) is 2.53. The van der Waals surface area contributed by atoms with Crippen molar-refractivity contribution >= 4 is 0 Å². The molecule has 4 heteroatoms. The van der Waals surface area contributed by atoms with Gasteiger partial charge in [-0.2, -0.15) is 5.26 Å². The van der Waals surface area contributed by atoms with Crippen molar-refractivity contribution in [3.05, 3.63) is 0 Å². The van der Waals surface area contributed by atoms with Gasteiger partial charge in [-0.3, -0.25) is 5.32 Å². The number of ether oxygens (including phenoxy) is 1. The Morgan fingerprint density at radius 2 is 2.19 bits per heavy atom. The molecule has 0 aromatic carbocycles. The second-order valence-electron chi connectivity index (χ2n) is 7.03. The average Bonchev–Trinajstić information content (AvgIpc) is 2.89. The fourth-order valence-electron chi connectivity index (χ4n) is 4.21. The van der Waals surface area contributed by atoms with Crippen LogP contribution in [-0.2, 0) is 4.74 Å². The highest BCUT2D eigenvalue weighted by Gasteiger charge is 2.42. The number of rotatable bonds is 6. The highest BCUT2D eigenvalue weighted by Crippen LogP contribution is 2.38. The van der Waals surface area contributed by atoms with Gasteiger partial charge in [0.1, 0.15) is 5.54 Å². The number of nitrogens with one attached hydrogen (secondary N) is 1. The van der Waals surface area contributed by atoms with Crippen LogP contribution in [0.15, 0.2) is 0 Å². The van der Waals surface area contributed by atoms with E-state index in [9.17, 15) is 5.26 Å². The van der Waals surface area contributed by atoms with Crippen molar-refractivity contribution < 1.29 is 4.74 Å². The summed E-state index contributed by atoms with van der Waals surface area (Å²) >= 11 is 0. The second kappa shape index (κ2) is 7.09. The Hall–Kier alpha value is -0.630. The van der Waals surface area contributed by atoms with Crippen molar-refractivity contribution in [2.24, 2.45) is 5.92 Å². The first-order valence-electron chi connectivity index (χ1n) is 8.51. The van der Waals surface area contributed by atoms with Gasteiger partial charge in [-0.1, -0.05) is 13.3 Å². The van der Waals surface area contributed by atoms with Gasteiger partial charge in [0.05, 0.1) is 11.7 Å². The van der Waals surface area contributed by atoms with Crippen LogP contribution in [-0.4, -0.2) is 49.3 Å². The molecule has 3 unspecified atom stereocenters. The summed E-state index contributed by atoms with van der Waals surface area (Å²) in [7, 11) is 1.83. The van der Waals surface area contributed by atoms with Crippen molar-refractivity contribution in [3.8, 4) is 6.07 Å². The van der Waals surface area contributed by atoms with Gasteiger partial charge in [-0.15, -0.1) is 0 Å². The number of nitrogens with zero attached hydrogens (tertiary/aromatic N) is 2. The molecule has 120 valence electrons. The van der Waals surface area contributed by atoms with Gasteiger partial charge in [-0.05, 0) is 64.6 Å². The molecule has 0 radical (unpaired) electrons. The molecule has 1 saturated heterocycles. The molecule has 2 fully saturated rings. The monoisotopic (exact) mass is 293 g/mol. The van der Waals surface area contributed by atoms with E-state index in [1.807, 2.05) is 7.11 Å². The maximum absolute atomic E-state index is 9.63. The Kier molecular flexibility index (Phi) is 5.65. The van der Waals surface area contributed by atoms with Crippen LogP contribution >= 0.6 is 0 Å². The van der Waals surface area contributed by atoms with E-state index in [0.717, 1.165) is 38.9 Å². The van der Waals surface area contributed by atoms with Crippen LogP contribution in [0.4, 0.5) is 0 Å². The predicted molar refractivity (Wildman–Crippen MR) is 85.1 cm³/mol. The fraction of sp³-hybridized carbons (Fsp3) is 0.941. The van der Waals surface area contributed by atoms with Gasteiger partial charge in [0, 0.05) is 13.7 Å². The predicted octanol–water partition coefficient (Wildman–Crippen LogP) is 2.55. The Bertz CT molecular complexity index is 381. The van der Waals surface area contributed by atoms with E-state index in [0.29, 0.717) is 5.92 Å². The van der Waals surface area contributed by atoms with Crippen LogP contribution in [0.1, 0.15) is 52.4 Å². The highest BCUT2D eigenvalue weighted by atomic mass is 16.5. The minimum Gasteiger partial charge on any atom is -0.377 e. The van der Waals surface area contributed by atoms with Crippen LogP contribution in [0, 0.1) is 17.2 Å². The third kappa shape index (κ3) is 3.77. The molecular weight excluding hydrogens is 262 g/mol. The molecule has 1 N–H and O–H groups in total. The first kappa shape index (κ1) is 16.7. The summed E-state index contributed by atoms with van der Waals surface area (Å²) < 4.78 is 5.68. The van der Waals surface area contributed by atoms with Gasteiger partial charge in [0.25, 0.3) is 0 Å². The first-order valence-corrected chi connectivity index (χ1v) is 8.51. The van der Waals surface area contributed by atoms with E-state index in [-0.39, 0.29) is 11.1 Å². The summed E-state index contributed by atoms with van der Waals surface area (Å²) in [5.74, 6) is 0.498. The molecule has 0 aromatic heterocycles. The number of nitriles is 1. The van der Waals surface area contributed by atoms with Gasteiger partial charge < -0.3 is 9.64 Å². The van der Waals surface area contributed by atoms with Crippen molar-refractivity contribution in [1.29, 1.82) is 5.26 Å². The van der Waals surface area contributed by atoms with Gasteiger partial charge in [0.15, 0.2) is 0 Å². The summed E-state index contributed by atoms with van der Waals surface area (Å²) in [6.45, 7) is 8.49. The molecule has 0 amide bonds. The Morgan fingerprint density at radius 3 is 2.86 bits per heavy atom. The van der Waals surface area contributed by atoms with Crippen molar-refractivity contribution in [3.63, 3.8) is 0 Å². The Balaban J connectivity index is 1.89. The van der Waals surface area contributed by atoms with E-state index >= 15 is 0 Å². The normalized spacial score (nSPS) is 37.5. The zero-order valence-electron chi connectivity index (χ0n) is 14.0. The molecular formula is C17H31N3O. The SMILES string of the molecule is CCNC1(C#N)CCCC1CCN1CCCC(C)(OC)C1. The molecule has 3 atom stereocenters. The van der Waals surface area contributed by atoms with Crippen LogP contribution < -0.4 is 5.32 Å². The summed E-state index contributed by atoms with van der Waals surface area (Å²) in [5.41, 5.74) is -0.253. The number of likely N-dealkylation sites (tertiary alicyclic amines) is 1. The zero-order chi connectivity index (χ0) is 15.3. The lowest BCUT2D eigenvalue weighted by molar-refractivity contribution is -0.0518. The van der Waals surface area contributed by atoms with Crippen LogP contribution in [0.25, 0.3) is 0 Å². The molecule has 1 heterocycles. The maximum Gasteiger partial charge on any atom is 0.109 e. The molecule has 2 aliphatic rings. The number of hydrogen-bond donors (Lipinski definition) is 1. The lowest BCUT2D eigenvalue weighted by Crippen LogP contribution is -2.50. The molecule has 21 heavy (non-hydrogen) atoms. The summed E-state index contributed by atoms with van der Waals surface area (Å²) in [5, 5.41) is 13.1. The summed E-state index contributed by atoms with van der Waals surface area (Å²) in [6.07, 6.45) is 6.88. The van der Waals surface area contributed by atoms with E-state index in [2.05, 4.69) is 30.1 Å². The molecule has 4 nitrogen and oxygen atoms in total. The quantitative estimate of drug-likeness (QED) is 0.817. The number of methoxy groups -OCH3 is 1. The molecule has 0 aromatic rings. The van der Waals surface area contributed by atoms with Gasteiger partial charge in [0.2, 0.25) is 0 Å². The fourth-order valence-corrected chi connectivity index (χ4v) is 4.21. The Morgan fingerprint density at radius 1 is 1.38 bits per heavy atom. The number of hydrogen-bond acceptors (Lipinski definition) is 4. The largest absolute Gasteiger partial charge is 0.377 e. The van der Waals surface area contributed by atoms with Crippen LogP contribution in [0.3, 0.4) is 0 Å². The standard InChI is InChI=1S/C17H31N3O/c1-4-19-17(13-18)10-5-7-15(17)8-12-20-11-6-9-16(2,14-20)21-3/h15,19H,4-12,14H2,1-3H3. The van der Waals surface area contributed by atoms with Crippen LogP contribution in [0.2, 0.25) is 0 Å². The summed E-state index contributed by atoms with van der Waals surface area (Å²) in [6, 6.07) is 2.59. The zero-order valence-corrected chi connectivity index (χ0v) is 14.0. The smallest absolute Gasteiger partial charge is 0.109 e. The molecule has 0 bridgehead atoms. The van der Waals surface area contributed by atoms with E-state index in [1.54, 1.807) is 0 Å². The van der Waals surface area contributed by atoms with E-state index in [1.165, 1.54) is 25.8 Å². The van der Waals surface area contributed by atoms with Gasteiger partial charge >= 0.3 is 0 Å². The van der Waals surface area contributed by atoms with E-state index in [4.69, 9.17) is 4.74 Å². The van der Waals surface area contributed by atoms with E-state index < -0.39 is 0 Å². The topological polar surface area (TPSA) is 48.3 Å². The molecule has 0 spiro atoms. The minimum atomic E-state index is -0.269. The molecule has 1 saturated carbocycles. The molecule has 1 aliphatic carbocycles. The third-order valence-electron chi connectivity index (χ3n) is 5.54. The highest BCUT2D eigenvalue weighted by molar-refractivity contribution is 5.14. The maximum atomic E-state index is 9.63. The molecule has 1 aliphatic heterocycles. The average molecular weight is 293 g/mol. The van der Waals surface area contributed by atoms with Crippen molar-refractivity contribution in [1.82, 2.24) is 10.2 Å². The van der Waals surface area contributed by atoms with Crippen molar-refractivity contribution in [2.75, 3.05) is 33.3 Å². The first-order chi connectivity index (χ1) is 10.1. The van der Waals surface area contributed by atoms with Crippen molar-refractivity contribution in [2.45, 2.75) is 63.5 Å². The minimum absolute atomic E-state index is 0.0158. The third-order valence-corrected chi connectivity index (χ3v) is 5.54.